The summed E-state index contributed by atoms with van der Waals surface area (Å²) in [5.74, 6) is -2.26. The molecule has 0 bridgehead atoms. The van der Waals surface area contributed by atoms with Crippen LogP contribution in [0.25, 0.3) is 0 Å². The van der Waals surface area contributed by atoms with Gasteiger partial charge in [0.15, 0.2) is 0 Å². The summed E-state index contributed by atoms with van der Waals surface area (Å²) in [6.45, 7) is 11.3. The van der Waals surface area contributed by atoms with Crippen LogP contribution < -0.4 is 16.0 Å². The second-order valence-corrected chi connectivity index (χ2v) is 14.6. The van der Waals surface area contributed by atoms with E-state index in [-0.39, 0.29) is 48.6 Å². The Morgan fingerprint density at radius 1 is 1.08 bits per heavy atom. The zero-order valence-corrected chi connectivity index (χ0v) is 32.3. The van der Waals surface area contributed by atoms with Gasteiger partial charge in [0.1, 0.15) is 18.2 Å². The van der Waals surface area contributed by atoms with Gasteiger partial charge in [-0.05, 0) is 43.6 Å². The molecule has 292 valence electrons. The second kappa shape index (κ2) is 19.9. The van der Waals surface area contributed by atoms with Gasteiger partial charge >= 0.3 is 6.09 Å². The van der Waals surface area contributed by atoms with Crippen molar-refractivity contribution in [2.75, 3.05) is 34.4 Å². The molecule has 14 nitrogen and oxygen atoms in total. The Hall–Kier alpha value is -3.75. The number of alkyl carbamates (subject to hydrolysis) is 1. The van der Waals surface area contributed by atoms with Crippen LogP contribution in [-0.4, -0.2) is 128 Å². The van der Waals surface area contributed by atoms with E-state index in [0.29, 0.717) is 25.8 Å². The van der Waals surface area contributed by atoms with Gasteiger partial charge in [-0.1, -0.05) is 71.4 Å². The van der Waals surface area contributed by atoms with Crippen molar-refractivity contribution >= 4 is 29.7 Å². The van der Waals surface area contributed by atoms with Gasteiger partial charge in [-0.25, -0.2) is 4.79 Å². The van der Waals surface area contributed by atoms with Crippen LogP contribution >= 0.6 is 0 Å². The molecule has 14 heteroatoms. The Kier molecular flexibility index (Phi) is 16.3. The average Bonchev–Trinajstić information content (AvgIpc) is 3.75. The third-order valence-corrected chi connectivity index (χ3v) is 10.7. The van der Waals surface area contributed by atoms with E-state index < -0.39 is 60.4 Å². The minimum Gasteiger partial charge on any atom is -0.444 e. The van der Waals surface area contributed by atoms with Crippen molar-refractivity contribution in [2.24, 2.45) is 17.8 Å². The van der Waals surface area contributed by atoms with E-state index >= 15 is 0 Å². The lowest BCUT2D eigenvalue weighted by molar-refractivity contribution is -0.147. The van der Waals surface area contributed by atoms with Crippen LogP contribution in [0.15, 0.2) is 30.3 Å². The molecule has 2 saturated heterocycles. The predicted octanol–water partition coefficient (Wildman–Crippen LogP) is 2.26. The molecule has 3 rings (SSSR count). The number of carbonyl (C=O) groups is 5. The number of hydrogen-bond donors (Lipinski definition) is 4. The van der Waals surface area contributed by atoms with Crippen molar-refractivity contribution in [1.29, 1.82) is 0 Å². The van der Waals surface area contributed by atoms with E-state index in [4.69, 9.17) is 14.2 Å². The first-order valence-electron chi connectivity index (χ1n) is 18.5. The van der Waals surface area contributed by atoms with Crippen molar-refractivity contribution in [3.63, 3.8) is 0 Å². The third kappa shape index (κ3) is 10.7. The molecule has 4 N–H and O–H groups in total. The lowest BCUT2D eigenvalue weighted by Crippen LogP contribution is -2.59. The number of benzene rings is 1. The molecule has 5 amide bonds. The number of likely N-dealkylation sites (tertiary alicyclic amines) is 1. The lowest BCUT2D eigenvalue weighted by atomic mass is 9.89. The molecule has 1 aromatic rings. The Labute approximate surface area is 308 Å². The number of methoxy groups -OCH3 is 2. The maximum absolute atomic E-state index is 14.1. The summed E-state index contributed by atoms with van der Waals surface area (Å²) in [6, 6.07) is 6.45. The van der Waals surface area contributed by atoms with E-state index in [9.17, 15) is 29.1 Å². The van der Waals surface area contributed by atoms with Crippen LogP contribution in [-0.2, 0) is 39.8 Å². The number of nitrogens with one attached hydrogen (secondary N) is 3. The topological polar surface area (TPSA) is 176 Å². The molecule has 0 saturated carbocycles. The van der Waals surface area contributed by atoms with Crippen LogP contribution in [0.5, 0.6) is 0 Å². The quantitative estimate of drug-likeness (QED) is 0.166. The summed E-state index contributed by atoms with van der Waals surface area (Å²) in [5.41, 5.74) is 0.995. The molecule has 2 aliphatic heterocycles. The zero-order valence-electron chi connectivity index (χ0n) is 32.3. The van der Waals surface area contributed by atoms with Crippen LogP contribution in [0.1, 0.15) is 72.8 Å². The van der Waals surface area contributed by atoms with E-state index in [1.807, 2.05) is 58.0 Å². The Bertz CT molecular complexity index is 1350. The number of aliphatic hydroxyl groups is 1. The van der Waals surface area contributed by atoms with Crippen LogP contribution in [0, 0.1) is 17.8 Å². The Morgan fingerprint density at radius 2 is 1.75 bits per heavy atom. The summed E-state index contributed by atoms with van der Waals surface area (Å²) in [6.07, 6.45) is -0.0863. The summed E-state index contributed by atoms with van der Waals surface area (Å²) in [7, 11) is 4.73. The molecule has 0 aromatic heterocycles. The second-order valence-electron chi connectivity index (χ2n) is 14.6. The molecule has 0 aliphatic carbocycles. The summed E-state index contributed by atoms with van der Waals surface area (Å²) >= 11 is 0. The van der Waals surface area contributed by atoms with Crippen molar-refractivity contribution in [3.8, 4) is 0 Å². The van der Waals surface area contributed by atoms with Gasteiger partial charge in [0.25, 0.3) is 0 Å². The Balaban J connectivity index is 1.74. The van der Waals surface area contributed by atoms with Crippen molar-refractivity contribution < 1.29 is 43.3 Å². The number of nitrogens with zero attached hydrogens (tertiary/aromatic N) is 2. The molecular formula is C38H61N5O9. The smallest absolute Gasteiger partial charge is 0.408 e. The zero-order chi connectivity index (χ0) is 38.7. The lowest BCUT2D eigenvalue weighted by Gasteiger charge is -2.41. The first-order valence-corrected chi connectivity index (χ1v) is 18.5. The third-order valence-electron chi connectivity index (χ3n) is 10.7. The maximum atomic E-state index is 14.1. The molecule has 2 aliphatic rings. The number of cyclic esters (lactones) is 1. The molecule has 1 aromatic carbocycles. The molecule has 10 atom stereocenters. The number of aliphatic hydroxyl groups excluding tert-OH is 1. The molecule has 0 unspecified atom stereocenters. The summed E-state index contributed by atoms with van der Waals surface area (Å²) in [4.78, 5) is 69.8. The van der Waals surface area contributed by atoms with Crippen molar-refractivity contribution in [1.82, 2.24) is 25.8 Å². The monoisotopic (exact) mass is 731 g/mol. The van der Waals surface area contributed by atoms with E-state index in [0.717, 1.165) is 12.0 Å². The van der Waals surface area contributed by atoms with E-state index in [2.05, 4.69) is 16.0 Å². The number of carbonyl (C=O) groups excluding carboxylic acids is 5. The molecule has 0 spiro atoms. The summed E-state index contributed by atoms with van der Waals surface area (Å²) < 4.78 is 16.9. The van der Waals surface area contributed by atoms with Gasteiger partial charge in [-0.3, -0.25) is 19.2 Å². The molecule has 2 fully saturated rings. The number of ether oxygens (including phenoxy) is 3. The highest BCUT2D eigenvalue weighted by molar-refractivity contribution is 5.93. The first kappa shape index (κ1) is 42.7. The van der Waals surface area contributed by atoms with Gasteiger partial charge in [-0.2, -0.15) is 0 Å². The van der Waals surface area contributed by atoms with Crippen molar-refractivity contribution in [3.05, 3.63) is 35.9 Å². The Morgan fingerprint density at radius 3 is 2.29 bits per heavy atom. The van der Waals surface area contributed by atoms with Crippen LogP contribution in [0.4, 0.5) is 4.79 Å². The minimum absolute atomic E-state index is 0.0119. The van der Waals surface area contributed by atoms with Gasteiger partial charge in [0.05, 0.1) is 49.3 Å². The normalized spacial score (nSPS) is 22.7. The standard InChI is InChI=1S/C38H61N5O9/c1-10-23(4)33(42(7)37(48)31(22(2)3)40-36(47)32-25(6)52-38(49)41-32)29(50-8)20-30(45)43-18-14-17-28(43)34(51-9)24(5)35(46)39-27(21-44)19-26-15-12-11-13-16-26/h11-13,15-16,22-25,27-29,31-34,44H,10,14,17-21H2,1-9H3,(H,39,46)(H,40,47)(H,41,49)/t23-,24+,25+,27-,28-,29+,31-,32-,33-,34+/m0/s1. The van der Waals surface area contributed by atoms with E-state index in [1.54, 1.807) is 37.8 Å². The van der Waals surface area contributed by atoms with Crippen LogP contribution in [0.3, 0.4) is 0 Å². The fourth-order valence-corrected chi connectivity index (χ4v) is 7.47. The molecule has 52 heavy (non-hydrogen) atoms. The largest absolute Gasteiger partial charge is 0.444 e. The predicted molar refractivity (Wildman–Crippen MR) is 195 cm³/mol. The number of rotatable bonds is 19. The maximum Gasteiger partial charge on any atom is 0.408 e. The molecular weight excluding hydrogens is 670 g/mol. The molecule has 0 radical (unpaired) electrons. The average molecular weight is 732 g/mol. The van der Waals surface area contributed by atoms with Gasteiger partial charge in [-0.15, -0.1) is 0 Å². The van der Waals surface area contributed by atoms with Gasteiger partial charge in [0, 0.05) is 27.8 Å². The number of hydrogen-bond acceptors (Lipinski definition) is 9. The van der Waals surface area contributed by atoms with Gasteiger partial charge in [0.2, 0.25) is 23.6 Å². The SMILES string of the molecule is CC[C@H](C)[C@@H]([C@@H](CC(=O)N1CCC[C@H]1[C@H](OC)[C@@H](C)C(=O)N[C@H](CO)Cc1ccccc1)OC)N(C)C(=O)[C@@H](NC(=O)[C@H]1NC(=O)O[C@@H]1C)C(C)C. The highest BCUT2D eigenvalue weighted by Gasteiger charge is 2.44. The van der Waals surface area contributed by atoms with Gasteiger partial charge < -0.3 is 45.1 Å². The summed E-state index contributed by atoms with van der Waals surface area (Å²) in [5, 5.41) is 18.3. The van der Waals surface area contributed by atoms with Crippen molar-refractivity contribution in [2.45, 2.75) is 122 Å². The molecule has 2 heterocycles. The highest BCUT2D eigenvalue weighted by atomic mass is 16.6. The van der Waals surface area contributed by atoms with Crippen LogP contribution in [0.2, 0.25) is 0 Å². The highest BCUT2D eigenvalue weighted by Crippen LogP contribution is 2.30. The minimum atomic E-state index is -0.926. The fourth-order valence-electron chi connectivity index (χ4n) is 7.47. The number of likely N-dealkylation sites (N-methyl/N-ethyl adjacent to an activating group) is 1. The first-order chi connectivity index (χ1) is 24.7. The fraction of sp³-hybridized carbons (Fsp3) is 0.711. The number of amides is 5. The van der Waals surface area contributed by atoms with E-state index in [1.165, 1.54) is 7.11 Å².